The Kier molecular flexibility index (Phi) is 4.18. The molecule has 21 heavy (non-hydrogen) atoms. The summed E-state index contributed by atoms with van der Waals surface area (Å²) in [7, 11) is 0. The second kappa shape index (κ2) is 6.04. The van der Waals surface area contributed by atoms with Gasteiger partial charge in [-0.15, -0.1) is 0 Å². The van der Waals surface area contributed by atoms with Crippen molar-refractivity contribution in [2.24, 2.45) is 0 Å². The number of amides is 2. The molecule has 0 radical (unpaired) electrons. The van der Waals surface area contributed by atoms with Gasteiger partial charge in [-0.25, -0.2) is 14.0 Å². The van der Waals surface area contributed by atoms with Crippen molar-refractivity contribution in [2.75, 3.05) is 10.6 Å². The minimum absolute atomic E-state index is 0.109. The summed E-state index contributed by atoms with van der Waals surface area (Å²) < 4.78 is 13.6. The largest absolute Gasteiger partial charge is 0.478 e. The van der Waals surface area contributed by atoms with E-state index in [1.807, 2.05) is 13.0 Å². The molecule has 3 N–H and O–H groups in total. The van der Waals surface area contributed by atoms with Crippen molar-refractivity contribution in [3.05, 3.63) is 59.4 Å². The lowest BCUT2D eigenvalue weighted by Crippen LogP contribution is -2.20. The first kappa shape index (κ1) is 14.5. The number of benzene rings is 2. The predicted octanol–water partition coefficient (Wildman–Crippen LogP) is 3.48. The van der Waals surface area contributed by atoms with Gasteiger partial charge in [-0.2, -0.15) is 0 Å². The summed E-state index contributed by atoms with van der Waals surface area (Å²) in [6, 6.07) is 9.62. The zero-order valence-corrected chi connectivity index (χ0v) is 11.2. The predicted molar refractivity (Wildman–Crippen MR) is 77.2 cm³/mol. The lowest BCUT2D eigenvalue weighted by molar-refractivity contribution is 0.0697. The third kappa shape index (κ3) is 3.79. The molecule has 0 unspecified atom stereocenters. The summed E-state index contributed by atoms with van der Waals surface area (Å²) >= 11 is 0. The first-order chi connectivity index (χ1) is 9.95. The van der Waals surface area contributed by atoms with Crippen molar-refractivity contribution in [3.8, 4) is 0 Å². The van der Waals surface area contributed by atoms with E-state index in [1.54, 1.807) is 18.2 Å². The van der Waals surface area contributed by atoms with Crippen LogP contribution >= 0.6 is 0 Å². The number of aryl methyl sites for hydroxylation is 1. The quantitative estimate of drug-likeness (QED) is 0.809. The Bertz CT molecular complexity index is 701. The van der Waals surface area contributed by atoms with E-state index in [0.717, 1.165) is 23.8 Å². The maximum Gasteiger partial charge on any atom is 0.335 e. The van der Waals surface area contributed by atoms with Crippen molar-refractivity contribution in [1.29, 1.82) is 0 Å². The molecule has 5 nitrogen and oxygen atoms in total. The molecule has 2 aromatic rings. The molecule has 0 bridgehead atoms. The number of carboxylic acid groups (broad SMARTS) is 1. The number of rotatable bonds is 3. The maximum atomic E-state index is 13.6. The third-order valence-corrected chi connectivity index (χ3v) is 2.74. The molecule has 0 saturated carbocycles. The Hall–Kier alpha value is -2.89. The van der Waals surface area contributed by atoms with E-state index in [-0.39, 0.29) is 11.3 Å². The highest BCUT2D eigenvalue weighted by Crippen LogP contribution is 2.17. The summed E-state index contributed by atoms with van der Waals surface area (Å²) in [6.45, 7) is 1.87. The SMILES string of the molecule is Cc1cccc(NC(=O)Nc2cc(C(=O)O)ccc2F)c1. The van der Waals surface area contributed by atoms with Gasteiger partial charge in [-0.1, -0.05) is 12.1 Å². The molecule has 0 aliphatic heterocycles. The van der Waals surface area contributed by atoms with Crippen LogP contribution in [-0.2, 0) is 0 Å². The highest BCUT2D eigenvalue weighted by molar-refractivity contribution is 6.00. The van der Waals surface area contributed by atoms with E-state index in [1.165, 1.54) is 0 Å². The number of aromatic carboxylic acids is 1. The van der Waals surface area contributed by atoms with Crippen molar-refractivity contribution in [3.63, 3.8) is 0 Å². The van der Waals surface area contributed by atoms with Crippen LogP contribution in [0.15, 0.2) is 42.5 Å². The van der Waals surface area contributed by atoms with E-state index in [2.05, 4.69) is 10.6 Å². The molecular weight excluding hydrogens is 275 g/mol. The van der Waals surface area contributed by atoms with Crippen LogP contribution in [0.1, 0.15) is 15.9 Å². The number of hydrogen-bond donors (Lipinski definition) is 3. The van der Waals surface area contributed by atoms with E-state index >= 15 is 0 Å². The lowest BCUT2D eigenvalue weighted by Gasteiger charge is -2.09. The van der Waals surface area contributed by atoms with Crippen molar-refractivity contribution < 1.29 is 19.1 Å². The summed E-state index contributed by atoms with van der Waals surface area (Å²) in [5, 5.41) is 13.7. The van der Waals surface area contributed by atoms with E-state index in [0.29, 0.717) is 5.69 Å². The van der Waals surface area contributed by atoms with Gasteiger partial charge in [-0.3, -0.25) is 0 Å². The minimum atomic E-state index is -1.20. The molecule has 0 aromatic heterocycles. The molecule has 2 amide bonds. The normalized spacial score (nSPS) is 10.0. The molecular formula is C15H13FN2O3. The van der Waals surface area contributed by atoms with Gasteiger partial charge in [0.2, 0.25) is 0 Å². The Morgan fingerprint density at radius 2 is 1.86 bits per heavy atom. The van der Waals surface area contributed by atoms with Gasteiger partial charge < -0.3 is 15.7 Å². The number of nitrogens with one attached hydrogen (secondary N) is 2. The maximum absolute atomic E-state index is 13.6. The Labute approximate surface area is 120 Å². The van der Waals surface area contributed by atoms with Crippen molar-refractivity contribution in [1.82, 2.24) is 0 Å². The fourth-order valence-corrected chi connectivity index (χ4v) is 1.76. The number of hydrogen-bond acceptors (Lipinski definition) is 2. The van der Waals surface area contributed by atoms with Crippen LogP contribution < -0.4 is 10.6 Å². The van der Waals surface area contributed by atoms with Gasteiger partial charge in [0.1, 0.15) is 5.82 Å². The molecule has 2 aromatic carbocycles. The summed E-state index contributed by atoms with van der Waals surface area (Å²) in [5.74, 6) is -1.91. The standard InChI is InChI=1S/C15H13FN2O3/c1-9-3-2-4-11(7-9)17-15(21)18-13-8-10(14(19)20)5-6-12(13)16/h2-8H,1H3,(H,19,20)(H2,17,18,21). The van der Waals surface area contributed by atoms with Crippen LogP contribution in [0.5, 0.6) is 0 Å². The number of carboxylic acids is 1. The number of anilines is 2. The van der Waals surface area contributed by atoms with Gasteiger partial charge in [0.25, 0.3) is 0 Å². The lowest BCUT2D eigenvalue weighted by atomic mass is 10.2. The summed E-state index contributed by atoms with van der Waals surface area (Å²) in [5.41, 5.74) is 1.22. The molecule has 0 aliphatic carbocycles. The number of urea groups is 1. The van der Waals surface area contributed by atoms with Crippen LogP contribution in [0.3, 0.4) is 0 Å². The average Bonchev–Trinajstić information content (AvgIpc) is 2.41. The Morgan fingerprint density at radius 3 is 2.52 bits per heavy atom. The number of carbonyl (C=O) groups excluding carboxylic acids is 1. The summed E-state index contributed by atoms with van der Waals surface area (Å²) in [4.78, 5) is 22.6. The second-order valence-corrected chi connectivity index (χ2v) is 4.45. The third-order valence-electron chi connectivity index (χ3n) is 2.74. The van der Waals surface area contributed by atoms with Crippen LogP contribution in [0, 0.1) is 12.7 Å². The van der Waals surface area contributed by atoms with E-state index in [4.69, 9.17) is 5.11 Å². The highest BCUT2D eigenvalue weighted by Gasteiger charge is 2.11. The smallest absolute Gasteiger partial charge is 0.335 e. The van der Waals surface area contributed by atoms with Crippen LogP contribution in [0.25, 0.3) is 0 Å². The first-order valence-electron chi connectivity index (χ1n) is 6.13. The topological polar surface area (TPSA) is 78.4 Å². The van der Waals surface area contributed by atoms with Gasteiger partial charge >= 0.3 is 12.0 Å². The molecule has 0 saturated heterocycles. The van der Waals surface area contributed by atoms with E-state index in [9.17, 15) is 14.0 Å². The molecule has 0 spiro atoms. The van der Waals surface area contributed by atoms with Crippen LogP contribution in [0.4, 0.5) is 20.6 Å². The van der Waals surface area contributed by atoms with Gasteiger partial charge in [0, 0.05) is 5.69 Å². The monoisotopic (exact) mass is 288 g/mol. The minimum Gasteiger partial charge on any atom is -0.478 e. The molecule has 108 valence electrons. The summed E-state index contributed by atoms with van der Waals surface area (Å²) in [6.07, 6.45) is 0. The van der Waals surface area contributed by atoms with Gasteiger partial charge in [0.15, 0.2) is 0 Å². The van der Waals surface area contributed by atoms with E-state index < -0.39 is 17.8 Å². The molecule has 0 atom stereocenters. The molecule has 0 aliphatic rings. The van der Waals surface area contributed by atoms with Crippen LogP contribution in [0.2, 0.25) is 0 Å². The van der Waals surface area contributed by atoms with Crippen molar-refractivity contribution in [2.45, 2.75) is 6.92 Å². The molecule has 0 fully saturated rings. The molecule has 6 heteroatoms. The zero-order chi connectivity index (χ0) is 15.4. The fourth-order valence-electron chi connectivity index (χ4n) is 1.76. The fraction of sp³-hybridized carbons (Fsp3) is 0.0667. The van der Waals surface area contributed by atoms with Crippen LogP contribution in [-0.4, -0.2) is 17.1 Å². The first-order valence-corrected chi connectivity index (χ1v) is 6.13. The second-order valence-electron chi connectivity index (χ2n) is 4.45. The molecule has 0 heterocycles. The van der Waals surface area contributed by atoms with Gasteiger partial charge in [0.05, 0.1) is 11.3 Å². The zero-order valence-electron chi connectivity index (χ0n) is 11.2. The number of halogens is 1. The number of carbonyl (C=O) groups is 2. The highest BCUT2D eigenvalue weighted by atomic mass is 19.1. The Balaban J connectivity index is 2.12. The molecule has 2 rings (SSSR count). The van der Waals surface area contributed by atoms with Gasteiger partial charge in [-0.05, 0) is 42.8 Å². The van der Waals surface area contributed by atoms with Crippen molar-refractivity contribution >= 4 is 23.4 Å². The Morgan fingerprint density at radius 1 is 1.10 bits per heavy atom. The average molecular weight is 288 g/mol.